The molecule has 2 saturated heterocycles. The molecule has 0 saturated carbocycles. The molecule has 1 aromatic heterocycles. The quantitative estimate of drug-likeness (QED) is 0.811. The third-order valence-electron chi connectivity index (χ3n) is 4.20. The average Bonchev–Trinajstić information content (AvgIpc) is 2.89. The van der Waals surface area contributed by atoms with E-state index in [1.165, 1.54) is 12.8 Å². The van der Waals surface area contributed by atoms with Crippen LogP contribution in [0.2, 0.25) is 0 Å². The van der Waals surface area contributed by atoms with Crippen LogP contribution in [0.15, 0.2) is 13.6 Å². The Morgan fingerprint density at radius 3 is 2.53 bits per heavy atom. The molecule has 1 N–H and O–H groups in total. The number of thiophene rings is 1. The van der Waals surface area contributed by atoms with Gasteiger partial charge >= 0.3 is 0 Å². The number of carbonyl (C=O) groups is 1. The summed E-state index contributed by atoms with van der Waals surface area (Å²) in [6, 6.07) is 3.49. The Morgan fingerprint density at radius 1 is 1.37 bits per heavy atom. The standard InChI is InChI=1S/C13H16Br2N2OS/c1-17(9-4-7-2-3-8(5-9)16-7)13(18)10-6-11(14)19-12(10)15/h6-9,16H,2-5H2,1H3. The third-order valence-corrected chi connectivity index (χ3v) is 6.54. The number of piperidine rings is 1. The topological polar surface area (TPSA) is 32.3 Å². The van der Waals surface area contributed by atoms with Gasteiger partial charge in [-0.25, -0.2) is 0 Å². The van der Waals surface area contributed by atoms with E-state index in [2.05, 4.69) is 37.2 Å². The SMILES string of the molecule is CN(C(=O)c1cc(Br)sc1Br)C1CC2CCC(C1)N2. The van der Waals surface area contributed by atoms with Crippen LogP contribution >= 0.6 is 43.2 Å². The zero-order valence-electron chi connectivity index (χ0n) is 10.7. The van der Waals surface area contributed by atoms with Crippen LogP contribution in [0, 0.1) is 0 Å². The lowest BCUT2D eigenvalue weighted by Gasteiger charge is -2.35. The Bertz CT molecular complexity index is 493. The van der Waals surface area contributed by atoms with Crippen LogP contribution in [0.5, 0.6) is 0 Å². The van der Waals surface area contributed by atoms with Crippen LogP contribution in [-0.4, -0.2) is 36.0 Å². The fourth-order valence-electron chi connectivity index (χ4n) is 3.19. The minimum atomic E-state index is 0.125. The summed E-state index contributed by atoms with van der Waals surface area (Å²) in [5.41, 5.74) is 0.769. The van der Waals surface area contributed by atoms with Gasteiger partial charge in [-0.2, -0.15) is 0 Å². The summed E-state index contributed by atoms with van der Waals surface area (Å²) in [5.74, 6) is 0.125. The number of amides is 1. The highest BCUT2D eigenvalue weighted by atomic mass is 79.9. The van der Waals surface area contributed by atoms with Crippen molar-refractivity contribution in [3.05, 3.63) is 19.2 Å². The molecule has 2 aliphatic heterocycles. The number of carbonyl (C=O) groups excluding carboxylic acids is 1. The summed E-state index contributed by atoms with van der Waals surface area (Å²) in [4.78, 5) is 14.5. The molecule has 2 aliphatic rings. The molecular weight excluding hydrogens is 392 g/mol. The summed E-state index contributed by atoms with van der Waals surface area (Å²) in [5, 5.41) is 3.62. The molecular formula is C13H16Br2N2OS. The Kier molecular flexibility index (Phi) is 4.04. The average molecular weight is 408 g/mol. The first kappa shape index (κ1) is 14.0. The second-order valence-corrected chi connectivity index (χ2v) is 9.17. The molecule has 2 bridgehead atoms. The molecule has 0 aromatic carbocycles. The van der Waals surface area contributed by atoms with E-state index in [0.29, 0.717) is 18.1 Å². The number of hydrogen-bond donors (Lipinski definition) is 1. The van der Waals surface area contributed by atoms with Crippen LogP contribution < -0.4 is 5.32 Å². The minimum Gasteiger partial charge on any atom is -0.339 e. The molecule has 3 rings (SSSR count). The van der Waals surface area contributed by atoms with Gasteiger partial charge in [-0.1, -0.05) is 0 Å². The Morgan fingerprint density at radius 2 is 2.00 bits per heavy atom. The first-order valence-corrected chi connectivity index (χ1v) is 8.93. The number of hydrogen-bond acceptors (Lipinski definition) is 3. The fourth-order valence-corrected chi connectivity index (χ4v) is 5.96. The molecule has 0 radical (unpaired) electrons. The zero-order valence-corrected chi connectivity index (χ0v) is 14.6. The lowest BCUT2D eigenvalue weighted by Crippen LogP contribution is -2.48. The first-order chi connectivity index (χ1) is 9.04. The van der Waals surface area contributed by atoms with E-state index >= 15 is 0 Å². The Balaban J connectivity index is 1.75. The van der Waals surface area contributed by atoms with Crippen molar-refractivity contribution in [1.82, 2.24) is 10.2 Å². The molecule has 0 spiro atoms. The molecule has 0 aliphatic carbocycles. The zero-order chi connectivity index (χ0) is 13.6. The molecule has 1 aromatic rings. The maximum atomic E-state index is 12.6. The summed E-state index contributed by atoms with van der Waals surface area (Å²) in [6.07, 6.45) is 4.69. The number of nitrogens with one attached hydrogen (secondary N) is 1. The van der Waals surface area contributed by atoms with E-state index in [1.54, 1.807) is 11.3 Å². The number of nitrogens with zero attached hydrogens (tertiary/aromatic N) is 1. The predicted octanol–water partition coefficient (Wildman–Crippen LogP) is 3.63. The third kappa shape index (κ3) is 2.77. The molecule has 3 nitrogen and oxygen atoms in total. The van der Waals surface area contributed by atoms with Crippen molar-refractivity contribution in [3.63, 3.8) is 0 Å². The van der Waals surface area contributed by atoms with Crippen molar-refractivity contribution < 1.29 is 4.79 Å². The van der Waals surface area contributed by atoms with E-state index in [0.717, 1.165) is 26.0 Å². The van der Waals surface area contributed by atoms with Gasteiger partial charge in [0.05, 0.1) is 13.1 Å². The highest BCUT2D eigenvalue weighted by Crippen LogP contribution is 2.34. The summed E-state index contributed by atoms with van der Waals surface area (Å²) in [7, 11) is 1.94. The molecule has 1 amide bonds. The van der Waals surface area contributed by atoms with Crippen LogP contribution in [-0.2, 0) is 0 Å². The van der Waals surface area contributed by atoms with Gasteiger partial charge < -0.3 is 10.2 Å². The van der Waals surface area contributed by atoms with Gasteiger partial charge in [0.2, 0.25) is 0 Å². The van der Waals surface area contributed by atoms with Crippen LogP contribution in [0.3, 0.4) is 0 Å². The Labute approximate surface area is 134 Å². The fraction of sp³-hybridized carbons (Fsp3) is 0.615. The molecule has 6 heteroatoms. The maximum Gasteiger partial charge on any atom is 0.255 e. The van der Waals surface area contributed by atoms with Crippen molar-refractivity contribution in [2.24, 2.45) is 0 Å². The van der Waals surface area contributed by atoms with Gasteiger partial charge in [-0.05, 0) is 63.6 Å². The summed E-state index contributed by atoms with van der Waals surface area (Å²) >= 11 is 8.46. The highest BCUT2D eigenvalue weighted by Gasteiger charge is 2.36. The lowest BCUT2D eigenvalue weighted by molar-refractivity contribution is 0.0681. The summed E-state index contributed by atoms with van der Waals surface area (Å²) < 4.78 is 1.90. The smallest absolute Gasteiger partial charge is 0.255 e. The van der Waals surface area contributed by atoms with E-state index in [1.807, 2.05) is 18.0 Å². The van der Waals surface area contributed by atoms with Crippen molar-refractivity contribution in [1.29, 1.82) is 0 Å². The van der Waals surface area contributed by atoms with Crippen molar-refractivity contribution in [2.45, 2.75) is 43.8 Å². The number of halogens is 2. The van der Waals surface area contributed by atoms with E-state index in [-0.39, 0.29) is 5.91 Å². The molecule has 2 unspecified atom stereocenters. The predicted molar refractivity (Wildman–Crippen MR) is 84.8 cm³/mol. The van der Waals surface area contributed by atoms with Gasteiger partial charge in [0.15, 0.2) is 0 Å². The van der Waals surface area contributed by atoms with Crippen LogP contribution in [0.4, 0.5) is 0 Å². The van der Waals surface area contributed by atoms with E-state index in [4.69, 9.17) is 0 Å². The highest BCUT2D eigenvalue weighted by molar-refractivity contribution is 9.12. The normalized spacial score (nSPS) is 29.5. The second-order valence-electron chi connectivity index (χ2n) is 5.42. The number of fused-ring (bicyclic) bond motifs is 2. The van der Waals surface area contributed by atoms with Crippen molar-refractivity contribution in [2.75, 3.05) is 7.05 Å². The number of rotatable bonds is 2. The van der Waals surface area contributed by atoms with Crippen LogP contribution in [0.25, 0.3) is 0 Å². The summed E-state index contributed by atoms with van der Waals surface area (Å²) in [6.45, 7) is 0. The van der Waals surface area contributed by atoms with Crippen molar-refractivity contribution in [3.8, 4) is 0 Å². The Hall–Kier alpha value is 0.0900. The van der Waals surface area contributed by atoms with Crippen molar-refractivity contribution >= 4 is 49.1 Å². The molecule has 19 heavy (non-hydrogen) atoms. The molecule has 3 heterocycles. The van der Waals surface area contributed by atoms with E-state index < -0.39 is 0 Å². The molecule has 2 atom stereocenters. The monoisotopic (exact) mass is 406 g/mol. The molecule has 104 valence electrons. The van der Waals surface area contributed by atoms with E-state index in [9.17, 15) is 4.79 Å². The largest absolute Gasteiger partial charge is 0.339 e. The van der Waals surface area contributed by atoms with Gasteiger partial charge in [0, 0.05) is 25.2 Å². The lowest BCUT2D eigenvalue weighted by atomic mass is 9.98. The maximum absolute atomic E-state index is 12.6. The van der Waals surface area contributed by atoms with Gasteiger partial charge in [-0.15, -0.1) is 11.3 Å². The van der Waals surface area contributed by atoms with Gasteiger partial charge in [0.25, 0.3) is 5.91 Å². The van der Waals surface area contributed by atoms with Crippen LogP contribution in [0.1, 0.15) is 36.0 Å². The first-order valence-electron chi connectivity index (χ1n) is 6.52. The minimum absolute atomic E-state index is 0.125. The van der Waals surface area contributed by atoms with Gasteiger partial charge in [-0.3, -0.25) is 4.79 Å². The molecule has 2 fully saturated rings. The second kappa shape index (κ2) is 5.47. The van der Waals surface area contributed by atoms with Gasteiger partial charge in [0.1, 0.15) is 0 Å².